The molecule has 0 bridgehead atoms. The molecule has 3 nitrogen and oxygen atoms in total. The Balaban J connectivity index is 2.19. The number of rotatable bonds is 3. The number of nitrogens with zero attached hydrogens (tertiary/aromatic N) is 1. The summed E-state index contributed by atoms with van der Waals surface area (Å²) < 4.78 is 37.9. The molecule has 3 N–H and O–H groups in total. The average Bonchev–Trinajstić information content (AvgIpc) is 2.38. The highest BCUT2D eigenvalue weighted by atomic mass is 79.9. The number of aromatic nitrogens is 1. The summed E-state index contributed by atoms with van der Waals surface area (Å²) in [6.07, 6.45) is -3.32. The van der Waals surface area contributed by atoms with Crippen molar-refractivity contribution in [1.82, 2.24) is 4.98 Å². The maximum atomic E-state index is 12.4. The van der Waals surface area contributed by atoms with Crippen molar-refractivity contribution < 1.29 is 13.2 Å². The van der Waals surface area contributed by atoms with Crippen LogP contribution in [-0.2, 0) is 6.18 Å². The molecule has 0 fully saturated rings. The molecule has 0 radical (unpaired) electrons. The molecular weight excluding hydrogens is 367 g/mol. The van der Waals surface area contributed by atoms with E-state index in [1.807, 2.05) is 0 Å². The first-order valence-corrected chi connectivity index (χ1v) is 6.87. The van der Waals surface area contributed by atoms with Crippen LogP contribution in [0.3, 0.4) is 0 Å². The summed E-state index contributed by atoms with van der Waals surface area (Å²) in [7, 11) is 0. The average molecular weight is 376 g/mol. The van der Waals surface area contributed by atoms with E-state index in [1.54, 1.807) is 18.2 Å². The quantitative estimate of drug-likeness (QED) is 0.787. The predicted molar refractivity (Wildman–Crippen MR) is 82.6 cm³/mol. The smallest absolute Gasteiger partial charge is 0.389 e. The molecule has 0 saturated heterocycles. The van der Waals surface area contributed by atoms with Gasteiger partial charge in [0.05, 0.1) is 11.9 Å². The van der Waals surface area contributed by atoms with Crippen LogP contribution in [-0.4, -0.2) is 9.97 Å². The van der Waals surface area contributed by atoms with E-state index in [9.17, 15) is 13.2 Å². The lowest BCUT2D eigenvalue weighted by atomic mass is 10.2. The van der Waals surface area contributed by atoms with E-state index in [4.69, 9.17) is 18.0 Å². The van der Waals surface area contributed by atoms with E-state index >= 15 is 0 Å². The van der Waals surface area contributed by atoms with Crippen LogP contribution in [0.1, 0.15) is 11.3 Å². The van der Waals surface area contributed by atoms with Crippen LogP contribution in [0.25, 0.3) is 0 Å². The van der Waals surface area contributed by atoms with Crippen molar-refractivity contribution in [2.75, 3.05) is 5.32 Å². The number of halogens is 4. The Kier molecular flexibility index (Phi) is 4.48. The summed E-state index contributed by atoms with van der Waals surface area (Å²) in [4.78, 5) is 3.63. The maximum absolute atomic E-state index is 12.4. The highest BCUT2D eigenvalue weighted by Crippen LogP contribution is 2.29. The van der Waals surface area contributed by atoms with Crippen molar-refractivity contribution in [3.05, 3.63) is 52.3 Å². The van der Waals surface area contributed by atoms with Gasteiger partial charge in [-0.05, 0) is 46.3 Å². The van der Waals surface area contributed by atoms with Crippen LogP contribution in [0.2, 0.25) is 0 Å². The van der Waals surface area contributed by atoms with E-state index < -0.39 is 11.9 Å². The molecule has 0 aliphatic heterocycles. The van der Waals surface area contributed by atoms with Crippen molar-refractivity contribution in [3.63, 3.8) is 0 Å². The van der Waals surface area contributed by atoms with Gasteiger partial charge in [0.2, 0.25) is 0 Å². The number of nitrogens with one attached hydrogen (secondary N) is 1. The van der Waals surface area contributed by atoms with Gasteiger partial charge in [-0.3, -0.25) is 0 Å². The van der Waals surface area contributed by atoms with Crippen molar-refractivity contribution in [2.45, 2.75) is 6.18 Å². The zero-order valence-corrected chi connectivity index (χ0v) is 12.8. The van der Waals surface area contributed by atoms with E-state index in [-0.39, 0.29) is 4.99 Å². The van der Waals surface area contributed by atoms with Gasteiger partial charge >= 0.3 is 6.18 Å². The topological polar surface area (TPSA) is 50.9 Å². The van der Waals surface area contributed by atoms with Gasteiger partial charge in [-0.1, -0.05) is 12.2 Å². The first-order valence-electron chi connectivity index (χ1n) is 5.67. The highest BCUT2D eigenvalue weighted by Gasteiger charge is 2.31. The summed E-state index contributed by atoms with van der Waals surface area (Å²) in [6, 6.07) is 7.39. The molecule has 0 atom stereocenters. The van der Waals surface area contributed by atoms with Gasteiger partial charge < -0.3 is 11.1 Å². The largest absolute Gasteiger partial charge is 0.433 e. The van der Waals surface area contributed by atoms with Crippen molar-refractivity contribution in [2.24, 2.45) is 5.73 Å². The number of thiocarbonyl (C=S) groups is 1. The normalized spacial score (nSPS) is 11.2. The summed E-state index contributed by atoms with van der Waals surface area (Å²) in [5.41, 5.74) is 6.40. The first-order chi connectivity index (χ1) is 9.77. The van der Waals surface area contributed by atoms with Crippen LogP contribution in [0.15, 0.2) is 41.0 Å². The van der Waals surface area contributed by atoms with Gasteiger partial charge in [0.1, 0.15) is 10.7 Å². The number of pyridine rings is 1. The van der Waals surface area contributed by atoms with Gasteiger partial charge in [0.25, 0.3) is 0 Å². The maximum Gasteiger partial charge on any atom is 0.433 e. The van der Waals surface area contributed by atoms with Gasteiger partial charge in [-0.2, -0.15) is 13.2 Å². The zero-order valence-electron chi connectivity index (χ0n) is 10.4. The number of benzene rings is 1. The predicted octanol–water partition coefficient (Wildman–Crippen LogP) is 4.24. The Labute approximate surface area is 132 Å². The molecule has 2 aromatic rings. The summed E-state index contributed by atoms with van der Waals surface area (Å²) in [5.74, 6) is 0. The molecule has 0 amide bonds. The van der Waals surface area contributed by atoms with Crippen LogP contribution in [0.4, 0.5) is 24.5 Å². The molecule has 110 valence electrons. The van der Waals surface area contributed by atoms with Crippen LogP contribution in [0.5, 0.6) is 0 Å². The number of hydrogen-bond acceptors (Lipinski definition) is 3. The fourth-order valence-corrected chi connectivity index (χ4v) is 2.50. The second-order valence-corrected chi connectivity index (χ2v) is 5.41. The molecule has 1 aromatic carbocycles. The molecule has 0 spiro atoms. The second-order valence-electron chi connectivity index (χ2n) is 4.11. The van der Waals surface area contributed by atoms with E-state index in [2.05, 4.69) is 26.2 Å². The molecule has 0 aliphatic rings. The molecule has 0 saturated carbocycles. The molecule has 8 heteroatoms. The minimum absolute atomic E-state index is 0.254. The van der Waals surface area contributed by atoms with Crippen LogP contribution < -0.4 is 11.1 Å². The van der Waals surface area contributed by atoms with E-state index in [1.165, 1.54) is 6.07 Å². The van der Waals surface area contributed by atoms with Gasteiger partial charge in [-0.15, -0.1) is 0 Å². The third-order valence-corrected chi connectivity index (χ3v) is 3.45. The van der Waals surface area contributed by atoms with Gasteiger partial charge in [0, 0.05) is 15.7 Å². The van der Waals surface area contributed by atoms with Crippen LogP contribution >= 0.6 is 28.1 Å². The number of hydrogen-bond donors (Lipinski definition) is 2. The Morgan fingerprint density at radius 1 is 1.19 bits per heavy atom. The summed E-state index contributed by atoms with van der Waals surface area (Å²) >= 11 is 8.21. The molecule has 0 unspecified atom stereocenters. The minimum atomic E-state index is -4.44. The standard InChI is InChI=1S/C13H9BrF3N3S/c14-10-5-7(1-3-9(10)12(18)21)20-8-2-4-11(19-6-8)13(15,16)17/h1-6,20H,(H2,18,21). The number of anilines is 2. The lowest BCUT2D eigenvalue weighted by Gasteiger charge is -2.10. The Morgan fingerprint density at radius 2 is 1.86 bits per heavy atom. The molecule has 0 aliphatic carbocycles. The lowest BCUT2D eigenvalue weighted by Crippen LogP contribution is -2.10. The second kappa shape index (κ2) is 5.98. The fourth-order valence-electron chi connectivity index (χ4n) is 1.59. The molecule has 21 heavy (non-hydrogen) atoms. The first kappa shape index (κ1) is 15.7. The minimum Gasteiger partial charge on any atom is -0.389 e. The third-order valence-electron chi connectivity index (χ3n) is 2.58. The summed E-state index contributed by atoms with van der Waals surface area (Å²) in [5, 5.41) is 2.95. The SMILES string of the molecule is NC(=S)c1ccc(Nc2ccc(C(F)(F)F)nc2)cc1Br. The highest BCUT2D eigenvalue weighted by molar-refractivity contribution is 9.10. The Morgan fingerprint density at radius 3 is 2.33 bits per heavy atom. The van der Waals surface area contributed by atoms with Crippen molar-refractivity contribution in [1.29, 1.82) is 0 Å². The Bertz CT molecular complexity index is 671. The number of alkyl halides is 3. The zero-order chi connectivity index (χ0) is 15.6. The van der Waals surface area contributed by atoms with Gasteiger partial charge in [0.15, 0.2) is 0 Å². The molecule has 1 heterocycles. The number of nitrogens with two attached hydrogens (primary N) is 1. The van der Waals surface area contributed by atoms with E-state index in [0.29, 0.717) is 21.4 Å². The monoisotopic (exact) mass is 375 g/mol. The Hall–Kier alpha value is -1.67. The van der Waals surface area contributed by atoms with Gasteiger partial charge in [-0.25, -0.2) is 4.98 Å². The molecule has 2 rings (SSSR count). The van der Waals surface area contributed by atoms with Crippen molar-refractivity contribution in [3.8, 4) is 0 Å². The van der Waals surface area contributed by atoms with Crippen LogP contribution in [0, 0.1) is 0 Å². The lowest BCUT2D eigenvalue weighted by molar-refractivity contribution is -0.141. The molecular formula is C13H9BrF3N3S. The van der Waals surface area contributed by atoms with E-state index in [0.717, 1.165) is 12.3 Å². The third kappa shape index (κ3) is 3.92. The fraction of sp³-hybridized carbons (Fsp3) is 0.0769. The van der Waals surface area contributed by atoms with Crippen molar-refractivity contribution >= 4 is 44.5 Å². The molecule has 1 aromatic heterocycles. The summed E-state index contributed by atoms with van der Waals surface area (Å²) in [6.45, 7) is 0.